The summed E-state index contributed by atoms with van der Waals surface area (Å²) >= 11 is 5.81. The third kappa shape index (κ3) is 4.16. The van der Waals surface area contributed by atoms with Crippen LogP contribution in [0.3, 0.4) is 0 Å². The summed E-state index contributed by atoms with van der Waals surface area (Å²) in [5.74, 6) is -0.997. The molecule has 0 N–H and O–H groups in total. The van der Waals surface area contributed by atoms with Gasteiger partial charge in [0.25, 0.3) is 5.91 Å². The Kier molecular flexibility index (Phi) is 5.97. The van der Waals surface area contributed by atoms with Crippen molar-refractivity contribution in [2.45, 2.75) is 4.90 Å². The summed E-state index contributed by atoms with van der Waals surface area (Å²) in [6.45, 7) is 0.756. The molecule has 3 rings (SSSR count). The van der Waals surface area contributed by atoms with Crippen molar-refractivity contribution in [1.82, 2.24) is 14.2 Å². The van der Waals surface area contributed by atoms with E-state index in [0.717, 1.165) is 0 Å². The van der Waals surface area contributed by atoms with E-state index in [2.05, 4.69) is 9.72 Å². The molecule has 1 aliphatic heterocycles. The van der Waals surface area contributed by atoms with E-state index >= 15 is 0 Å². The van der Waals surface area contributed by atoms with Crippen LogP contribution >= 0.6 is 11.6 Å². The van der Waals surface area contributed by atoms with E-state index < -0.39 is 16.0 Å². The number of hydrogen-bond acceptors (Lipinski definition) is 6. The minimum atomic E-state index is -3.65. The van der Waals surface area contributed by atoms with Crippen molar-refractivity contribution < 1.29 is 22.7 Å². The third-order valence-corrected chi connectivity index (χ3v) is 6.50. The molecule has 1 fully saturated rings. The number of carbonyl (C=O) groups excluding carboxylic acids is 2. The van der Waals surface area contributed by atoms with Crippen molar-refractivity contribution in [3.8, 4) is 0 Å². The first kappa shape index (κ1) is 20.2. The molecule has 0 spiro atoms. The lowest BCUT2D eigenvalue weighted by Gasteiger charge is -2.33. The van der Waals surface area contributed by atoms with Gasteiger partial charge >= 0.3 is 5.97 Å². The molecular formula is C18H18ClN3O5S. The summed E-state index contributed by atoms with van der Waals surface area (Å²) in [5, 5.41) is 0.455. The van der Waals surface area contributed by atoms with Crippen molar-refractivity contribution >= 4 is 33.5 Å². The van der Waals surface area contributed by atoms with Crippen LogP contribution in [0.15, 0.2) is 47.4 Å². The Balaban J connectivity index is 1.69. The van der Waals surface area contributed by atoms with E-state index in [1.54, 1.807) is 6.07 Å². The highest BCUT2D eigenvalue weighted by Crippen LogP contribution is 2.20. The molecule has 1 amide bonds. The highest BCUT2D eigenvalue weighted by atomic mass is 35.5. The number of esters is 1. The quantitative estimate of drug-likeness (QED) is 0.694. The van der Waals surface area contributed by atoms with Gasteiger partial charge < -0.3 is 9.64 Å². The van der Waals surface area contributed by atoms with Crippen LogP contribution in [0, 0.1) is 0 Å². The molecular weight excluding hydrogens is 406 g/mol. The second-order valence-corrected chi connectivity index (χ2v) is 8.42. The van der Waals surface area contributed by atoms with Crippen LogP contribution in [-0.4, -0.2) is 67.8 Å². The van der Waals surface area contributed by atoms with Gasteiger partial charge in [-0.1, -0.05) is 17.7 Å². The molecule has 1 aromatic heterocycles. The first-order chi connectivity index (χ1) is 13.3. The summed E-state index contributed by atoms with van der Waals surface area (Å²) in [7, 11) is -2.42. The second-order valence-electron chi connectivity index (χ2n) is 6.05. The first-order valence-corrected chi connectivity index (χ1v) is 10.2. The Hall–Kier alpha value is -2.49. The summed E-state index contributed by atoms with van der Waals surface area (Å²) in [6.07, 6.45) is 0. The van der Waals surface area contributed by atoms with Gasteiger partial charge in [-0.2, -0.15) is 4.31 Å². The van der Waals surface area contributed by atoms with Crippen LogP contribution in [0.4, 0.5) is 0 Å². The molecule has 1 aromatic carbocycles. The largest absolute Gasteiger partial charge is 0.464 e. The van der Waals surface area contributed by atoms with Gasteiger partial charge in [0.05, 0.1) is 12.0 Å². The molecule has 0 aliphatic carbocycles. The fourth-order valence-corrected chi connectivity index (χ4v) is 4.37. The van der Waals surface area contributed by atoms with Gasteiger partial charge in [-0.05, 0) is 36.4 Å². The molecule has 2 aromatic rings. The number of aromatic nitrogens is 1. The van der Waals surface area contributed by atoms with Crippen molar-refractivity contribution in [1.29, 1.82) is 0 Å². The lowest BCUT2D eigenvalue weighted by atomic mass is 10.2. The average molecular weight is 424 g/mol. The monoisotopic (exact) mass is 423 g/mol. The van der Waals surface area contributed by atoms with Gasteiger partial charge in [-0.25, -0.2) is 18.2 Å². The number of methoxy groups -OCH3 is 1. The van der Waals surface area contributed by atoms with Crippen molar-refractivity contribution in [3.05, 3.63) is 58.9 Å². The summed E-state index contributed by atoms with van der Waals surface area (Å²) in [4.78, 5) is 29.9. The maximum Gasteiger partial charge on any atom is 0.356 e. The molecule has 28 heavy (non-hydrogen) atoms. The molecule has 0 radical (unpaired) electrons. The normalized spacial score (nSPS) is 15.3. The Morgan fingerprint density at radius 2 is 1.61 bits per heavy atom. The fraction of sp³-hybridized carbons (Fsp3) is 0.278. The molecule has 0 atom stereocenters. The van der Waals surface area contributed by atoms with Crippen molar-refractivity contribution in [2.24, 2.45) is 0 Å². The second kappa shape index (κ2) is 8.26. The van der Waals surface area contributed by atoms with E-state index in [9.17, 15) is 18.0 Å². The predicted octanol–water partition coefficient (Wildman–Crippen LogP) is 1.67. The number of carbonyl (C=O) groups is 2. The lowest BCUT2D eigenvalue weighted by Crippen LogP contribution is -2.50. The highest BCUT2D eigenvalue weighted by molar-refractivity contribution is 7.89. The van der Waals surface area contributed by atoms with Crippen LogP contribution < -0.4 is 0 Å². The third-order valence-electron chi connectivity index (χ3n) is 4.34. The lowest BCUT2D eigenvalue weighted by molar-refractivity contribution is 0.0593. The standard InChI is InChI=1S/C18H18ClN3O5S/c1-27-18(24)16-4-2-3-15(20-16)17(23)21-9-11-22(12-10-21)28(25,26)14-7-5-13(19)6-8-14/h2-8H,9-12H2,1H3. The first-order valence-electron chi connectivity index (χ1n) is 8.43. The highest BCUT2D eigenvalue weighted by Gasteiger charge is 2.31. The number of amides is 1. The zero-order valence-electron chi connectivity index (χ0n) is 15.0. The molecule has 0 bridgehead atoms. The Labute approximate surface area is 167 Å². The molecule has 0 unspecified atom stereocenters. The van der Waals surface area contributed by atoms with Crippen LogP contribution in [0.25, 0.3) is 0 Å². The minimum absolute atomic E-state index is 0.0392. The van der Waals surface area contributed by atoms with E-state index in [1.807, 2.05) is 0 Å². The van der Waals surface area contributed by atoms with Crippen molar-refractivity contribution in [2.75, 3.05) is 33.3 Å². The molecule has 8 nitrogen and oxygen atoms in total. The number of nitrogens with zero attached hydrogens (tertiary/aromatic N) is 3. The van der Waals surface area contributed by atoms with E-state index in [4.69, 9.17) is 11.6 Å². The zero-order chi connectivity index (χ0) is 20.3. The van der Waals surface area contributed by atoms with Crippen LogP contribution in [0.1, 0.15) is 21.0 Å². The maximum absolute atomic E-state index is 12.7. The minimum Gasteiger partial charge on any atom is -0.464 e. The summed E-state index contributed by atoms with van der Waals surface area (Å²) < 4.78 is 31.4. The fourth-order valence-electron chi connectivity index (χ4n) is 2.82. The van der Waals surface area contributed by atoms with Crippen LogP contribution in [0.5, 0.6) is 0 Å². The summed E-state index contributed by atoms with van der Waals surface area (Å²) in [5.41, 5.74) is 0.147. The zero-order valence-corrected chi connectivity index (χ0v) is 16.6. The SMILES string of the molecule is COC(=O)c1cccc(C(=O)N2CCN(S(=O)(=O)c3ccc(Cl)cc3)CC2)n1. The van der Waals surface area contributed by atoms with Crippen LogP contribution in [-0.2, 0) is 14.8 Å². The number of sulfonamides is 1. The van der Waals surface area contributed by atoms with Crippen LogP contribution in [0.2, 0.25) is 5.02 Å². The number of pyridine rings is 1. The average Bonchev–Trinajstić information content (AvgIpc) is 2.73. The van der Waals surface area contributed by atoms with E-state index in [0.29, 0.717) is 5.02 Å². The van der Waals surface area contributed by atoms with Crippen molar-refractivity contribution in [3.63, 3.8) is 0 Å². The van der Waals surface area contributed by atoms with Gasteiger partial charge in [-0.3, -0.25) is 4.79 Å². The number of piperazine rings is 1. The summed E-state index contributed by atoms with van der Waals surface area (Å²) in [6, 6.07) is 10.5. The molecule has 2 heterocycles. The van der Waals surface area contributed by atoms with Gasteiger partial charge in [0, 0.05) is 31.2 Å². The smallest absolute Gasteiger partial charge is 0.356 e. The number of hydrogen-bond donors (Lipinski definition) is 0. The topological polar surface area (TPSA) is 96.9 Å². The molecule has 1 saturated heterocycles. The number of rotatable bonds is 4. The van der Waals surface area contributed by atoms with Gasteiger partial charge in [0.15, 0.2) is 0 Å². The Bertz CT molecular complexity index is 987. The Morgan fingerprint density at radius 1 is 1.00 bits per heavy atom. The van der Waals surface area contributed by atoms with E-state index in [1.165, 1.54) is 52.7 Å². The maximum atomic E-state index is 12.7. The number of halogens is 1. The molecule has 10 heteroatoms. The van der Waals surface area contributed by atoms with Gasteiger partial charge in [0.2, 0.25) is 10.0 Å². The Morgan fingerprint density at radius 3 is 2.21 bits per heavy atom. The van der Waals surface area contributed by atoms with Gasteiger partial charge in [0.1, 0.15) is 11.4 Å². The number of ether oxygens (including phenoxy) is 1. The molecule has 0 saturated carbocycles. The van der Waals surface area contributed by atoms with E-state index in [-0.39, 0.29) is 48.4 Å². The molecule has 148 valence electrons. The molecule has 1 aliphatic rings. The number of benzene rings is 1. The van der Waals surface area contributed by atoms with Gasteiger partial charge in [-0.15, -0.1) is 0 Å². The predicted molar refractivity (Wildman–Crippen MR) is 102 cm³/mol.